The standard InChI is InChI=1S/C10H9ClO3/c1-14-9(10(12)13)6-7-4-2-3-5-8(7)11/h2-6H,1H3,(H,12,13)/b9-6-. The summed E-state index contributed by atoms with van der Waals surface area (Å²) in [6.07, 6.45) is 1.38. The summed E-state index contributed by atoms with van der Waals surface area (Å²) in [4.78, 5) is 10.6. The van der Waals surface area contributed by atoms with Crippen molar-refractivity contribution in [3.8, 4) is 0 Å². The highest BCUT2D eigenvalue weighted by atomic mass is 35.5. The number of aliphatic carboxylic acids is 1. The van der Waals surface area contributed by atoms with Gasteiger partial charge in [0, 0.05) is 5.02 Å². The maximum absolute atomic E-state index is 10.6. The molecular formula is C10H9ClO3. The molecule has 3 nitrogen and oxygen atoms in total. The van der Waals surface area contributed by atoms with Gasteiger partial charge in [-0.3, -0.25) is 0 Å². The number of benzene rings is 1. The molecule has 1 rings (SSSR count). The zero-order chi connectivity index (χ0) is 10.6. The summed E-state index contributed by atoms with van der Waals surface area (Å²) < 4.78 is 4.67. The Hall–Kier alpha value is -1.48. The molecule has 14 heavy (non-hydrogen) atoms. The maximum Gasteiger partial charge on any atom is 0.371 e. The largest absolute Gasteiger partial charge is 0.490 e. The van der Waals surface area contributed by atoms with E-state index in [9.17, 15) is 4.79 Å². The molecule has 1 aromatic rings. The molecule has 1 N–H and O–H groups in total. The SMILES string of the molecule is CO/C(=C\c1ccccc1Cl)C(=O)O. The Morgan fingerprint density at radius 3 is 2.64 bits per heavy atom. The fraction of sp³-hybridized carbons (Fsp3) is 0.100. The first kappa shape index (κ1) is 10.6. The van der Waals surface area contributed by atoms with Crippen molar-refractivity contribution in [1.82, 2.24) is 0 Å². The monoisotopic (exact) mass is 212 g/mol. The Kier molecular flexibility index (Phi) is 3.54. The van der Waals surface area contributed by atoms with E-state index < -0.39 is 5.97 Å². The number of halogens is 1. The molecule has 0 spiro atoms. The van der Waals surface area contributed by atoms with Gasteiger partial charge in [0.05, 0.1) is 7.11 Å². The van der Waals surface area contributed by atoms with Crippen molar-refractivity contribution in [2.75, 3.05) is 7.11 Å². The van der Waals surface area contributed by atoms with Gasteiger partial charge in [-0.25, -0.2) is 4.79 Å². The van der Waals surface area contributed by atoms with Gasteiger partial charge in [-0.1, -0.05) is 29.8 Å². The van der Waals surface area contributed by atoms with E-state index in [0.29, 0.717) is 10.6 Å². The number of carboxylic acid groups (broad SMARTS) is 1. The van der Waals surface area contributed by atoms with Crippen molar-refractivity contribution in [2.24, 2.45) is 0 Å². The second kappa shape index (κ2) is 4.67. The number of hydrogen-bond donors (Lipinski definition) is 1. The second-order valence-corrected chi connectivity index (χ2v) is 2.95. The number of hydrogen-bond acceptors (Lipinski definition) is 2. The first-order valence-electron chi connectivity index (χ1n) is 3.88. The van der Waals surface area contributed by atoms with Crippen LogP contribution in [-0.2, 0) is 9.53 Å². The molecule has 1 aromatic carbocycles. The van der Waals surface area contributed by atoms with E-state index in [1.54, 1.807) is 24.3 Å². The minimum Gasteiger partial charge on any atom is -0.490 e. The van der Waals surface area contributed by atoms with Gasteiger partial charge in [-0.15, -0.1) is 0 Å². The third-order valence-electron chi connectivity index (χ3n) is 1.62. The summed E-state index contributed by atoms with van der Waals surface area (Å²) in [5.41, 5.74) is 0.619. The molecule has 4 heteroatoms. The maximum atomic E-state index is 10.6. The summed E-state index contributed by atoms with van der Waals surface area (Å²) in [6.45, 7) is 0. The molecule has 0 heterocycles. The molecule has 0 radical (unpaired) electrons. The van der Waals surface area contributed by atoms with Gasteiger partial charge in [0.1, 0.15) is 0 Å². The number of carbonyl (C=O) groups is 1. The fourth-order valence-electron chi connectivity index (χ4n) is 0.941. The van der Waals surface area contributed by atoms with E-state index in [0.717, 1.165) is 0 Å². The molecule has 0 aliphatic rings. The van der Waals surface area contributed by atoms with Gasteiger partial charge in [0.25, 0.3) is 0 Å². The van der Waals surface area contributed by atoms with Crippen LogP contribution in [0.3, 0.4) is 0 Å². The molecule has 0 bridgehead atoms. The van der Waals surface area contributed by atoms with Crippen LogP contribution in [0.15, 0.2) is 30.0 Å². The lowest BCUT2D eigenvalue weighted by Gasteiger charge is -2.01. The van der Waals surface area contributed by atoms with Crippen LogP contribution in [0, 0.1) is 0 Å². The van der Waals surface area contributed by atoms with E-state index >= 15 is 0 Å². The van der Waals surface area contributed by atoms with E-state index in [1.807, 2.05) is 0 Å². The third-order valence-corrected chi connectivity index (χ3v) is 1.97. The summed E-state index contributed by atoms with van der Waals surface area (Å²) >= 11 is 5.84. The van der Waals surface area contributed by atoms with Gasteiger partial charge >= 0.3 is 5.97 Å². The number of methoxy groups -OCH3 is 1. The Labute approximate surface area is 86.6 Å². The Morgan fingerprint density at radius 2 is 2.14 bits per heavy atom. The number of rotatable bonds is 3. The molecular weight excluding hydrogens is 204 g/mol. The Bertz CT molecular complexity index is 371. The van der Waals surface area contributed by atoms with Crippen molar-refractivity contribution >= 4 is 23.6 Å². The zero-order valence-corrected chi connectivity index (χ0v) is 8.28. The van der Waals surface area contributed by atoms with Gasteiger partial charge in [0.2, 0.25) is 5.76 Å². The molecule has 0 saturated carbocycles. The molecule has 0 amide bonds. The lowest BCUT2D eigenvalue weighted by molar-refractivity contribution is -0.135. The van der Waals surface area contributed by atoms with E-state index in [1.165, 1.54) is 13.2 Å². The van der Waals surface area contributed by atoms with Crippen LogP contribution >= 0.6 is 11.6 Å². The molecule has 0 aromatic heterocycles. The second-order valence-electron chi connectivity index (χ2n) is 2.54. The van der Waals surface area contributed by atoms with Gasteiger partial charge < -0.3 is 9.84 Å². The smallest absolute Gasteiger partial charge is 0.371 e. The highest BCUT2D eigenvalue weighted by Gasteiger charge is 2.07. The average molecular weight is 213 g/mol. The minimum atomic E-state index is -1.12. The quantitative estimate of drug-likeness (QED) is 0.618. The lowest BCUT2D eigenvalue weighted by atomic mass is 10.2. The van der Waals surface area contributed by atoms with Crippen LogP contribution in [0.4, 0.5) is 0 Å². The highest BCUT2D eigenvalue weighted by molar-refractivity contribution is 6.32. The third kappa shape index (κ3) is 2.50. The van der Waals surface area contributed by atoms with Crippen LogP contribution in [0.2, 0.25) is 5.02 Å². The van der Waals surface area contributed by atoms with E-state index in [4.69, 9.17) is 16.7 Å². The van der Waals surface area contributed by atoms with Gasteiger partial charge in [0.15, 0.2) is 0 Å². The van der Waals surface area contributed by atoms with Crippen molar-refractivity contribution in [2.45, 2.75) is 0 Å². The van der Waals surface area contributed by atoms with Crippen LogP contribution in [-0.4, -0.2) is 18.2 Å². The number of carboxylic acids is 1. The lowest BCUT2D eigenvalue weighted by Crippen LogP contribution is -2.01. The molecule has 0 saturated heterocycles. The number of ether oxygens (including phenoxy) is 1. The van der Waals surface area contributed by atoms with Crippen LogP contribution in [0.1, 0.15) is 5.56 Å². The Morgan fingerprint density at radius 1 is 1.50 bits per heavy atom. The highest BCUT2D eigenvalue weighted by Crippen LogP contribution is 2.18. The first-order valence-corrected chi connectivity index (χ1v) is 4.26. The summed E-state index contributed by atoms with van der Waals surface area (Å²) in [7, 11) is 1.30. The molecule has 74 valence electrons. The predicted molar refractivity (Wildman–Crippen MR) is 54.1 cm³/mol. The van der Waals surface area contributed by atoms with Gasteiger partial charge in [-0.2, -0.15) is 0 Å². The molecule has 0 aliphatic heterocycles. The topological polar surface area (TPSA) is 46.5 Å². The molecule has 0 fully saturated rings. The van der Waals surface area contributed by atoms with Crippen LogP contribution in [0.5, 0.6) is 0 Å². The van der Waals surface area contributed by atoms with E-state index in [2.05, 4.69) is 4.74 Å². The van der Waals surface area contributed by atoms with Crippen LogP contribution in [0.25, 0.3) is 6.08 Å². The normalized spacial score (nSPS) is 11.1. The van der Waals surface area contributed by atoms with Crippen LogP contribution < -0.4 is 0 Å². The minimum absolute atomic E-state index is 0.141. The summed E-state index contributed by atoms with van der Waals surface area (Å²) in [6, 6.07) is 6.94. The van der Waals surface area contributed by atoms with Crippen molar-refractivity contribution < 1.29 is 14.6 Å². The molecule has 0 aliphatic carbocycles. The van der Waals surface area contributed by atoms with Crippen molar-refractivity contribution in [3.05, 3.63) is 40.6 Å². The predicted octanol–water partition coefficient (Wildman–Crippen LogP) is 2.41. The van der Waals surface area contributed by atoms with Gasteiger partial charge in [-0.05, 0) is 17.7 Å². The Balaban J connectivity index is 3.07. The molecule has 0 atom stereocenters. The van der Waals surface area contributed by atoms with Crippen molar-refractivity contribution in [3.63, 3.8) is 0 Å². The fourth-order valence-corrected chi connectivity index (χ4v) is 1.13. The summed E-state index contributed by atoms with van der Waals surface area (Å²) in [5.74, 6) is -1.26. The zero-order valence-electron chi connectivity index (χ0n) is 7.53. The first-order chi connectivity index (χ1) is 6.65. The molecule has 0 unspecified atom stereocenters. The van der Waals surface area contributed by atoms with E-state index in [-0.39, 0.29) is 5.76 Å². The summed E-state index contributed by atoms with van der Waals surface area (Å²) in [5, 5.41) is 9.18. The van der Waals surface area contributed by atoms with Crippen molar-refractivity contribution in [1.29, 1.82) is 0 Å². The average Bonchev–Trinajstić information content (AvgIpc) is 2.16.